The number of rotatable bonds is 10. The summed E-state index contributed by atoms with van der Waals surface area (Å²) in [6, 6.07) is 2.75. The summed E-state index contributed by atoms with van der Waals surface area (Å²) in [6.07, 6.45) is 0.341. The van der Waals surface area contributed by atoms with Gasteiger partial charge in [0.25, 0.3) is 0 Å². The van der Waals surface area contributed by atoms with Gasteiger partial charge in [-0.05, 0) is 32.4 Å². The maximum atomic E-state index is 12.7. The summed E-state index contributed by atoms with van der Waals surface area (Å²) in [5.41, 5.74) is 6.97. The van der Waals surface area contributed by atoms with Gasteiger partial charge in [-0.15, -0.1) is 0 Å². The van der Waals surface area contributed by atoms with Gasteiger partial charge in [-0.3, -0.25) is 14.4 Å². The zero-order chi connectivity index (χ0) is 24.0. The Balaban J connectivity index is 2.09. The van der Waals surface area contributed by atoms with Crippen LogP contribution in [0.15, 0.2) is 30.5 Å². The summed E-state index contributed by atoms with van der Waals surface area (Å²) in [6.45, 7) is 4.13. The third kappa shape index (κ3) is 6.28. The number of nitrogens with one attached hydrogen (secondary N) is 4. The van der Waals surface area contributed by atoms with E-state index in [0.29, 0.717) is 5.56 Å². The number of para-hydroxylation sites is 1. The molecule has 11 nitrogen and oxygen atoms in total. The van der Waals surface area contributed by atoms with Gasteiger partial charge in [0.2, 0.25) is 17.7 Å². The van der Waals surface area contributed by atoms with Crippen LogP contribution >= 0.6 is 0 Å². The molecule has 0 bridgehead atoms. The Labute approximate surface area is 184 Å². The van der Waals surface area contributed by atoms with Crippen LogP contribution in [0, 0.1) is 0 Å². The van der Waals surface area contributed by atoms with Gasteiger partial charge in [0.05, 0.1) is 12.1 Å². The molecule has 0 radical (unpaired) electrons. The van der Waals surface area contributed by atoms with E-state index in [9.17, 15) is 29.4 Å². The minimum atomic E-state index is -1.43. The van der Waals surface area contributed by atoms with Crippen LogP contribution in [0.5, 0.6) is 0 Å². The molecule has 1 aromatic heterocycles. The van der Waals surface area contributed by atoms with Crippen LogP contribution in [0.2, 0.25) is 0 Å². The average molecular weight is 447 g/mol. The van der Waals surface area contributed by atoms with E-state index >= 15 is 0 Å². The Morgan fingerprint density at radius 3 is 2.25 bits per heavy atom. The second kappa shape index (κ2) is 10.7. The Bertz CT molecular complexity index is 986. The molecule has 0 spiro atoms. The molecule has 2 rings (SSSR count). The van der Waals surface area contributed by atoms with Crippen molar-refractivity contribution in [2.24, 2.45) is 5.73 Å². The summed E-state index contributed by atoms with van der Waals surface area (Å²) in [7, 11) is 0. The van der Waals surface area contributed by atoms with Gasteiger partial charge in [-0.1, -0.05) is 18.2 Å². The second-order valence-corrected chi connectivity index (χ2v) is 7.71. The fraction of sp³-hybridized carbons (Fsp3) is 0.429. The van der Waals surface area contributed by atoms with Crippen molar-refractivity contribution in [2.75, 3.05) is 0 Å². The van der Waals surface area contributed by atoms with Crippen LogP contribution in [0.4, 0.5) is 0 Å². The van der Waals surface area contributed by atoms with Gasteiger partial charge in [0, 0.05) is 23.5 Å². The van der Waals surface area contributed by atoms with Gasteiger partial charge < -0.3 is 36.9 Å². The third-order valence-corrected chi connectivity index (χ3v) is 4.94. The minimum Gasteiger partial charge on any atom is -0.480 e. The molecule has 0 fully saturated rings. The zero-order valence-electron chi connectivity index (χ0n) is 18.1. The van der Waals surface area contributed by atoms with E-state index in [1.807, 2.05) is 24.3 Å². The maximum absolute atomic E-state index is 12.7. The van der Waals surface area contributed by atoms with Crippen molar-refractivity contribution in [3.63, 3.8) is 0 Å². The van der Waals surface area contributed by atoms with E-state index < -0.39 is 54.0 Å². The predicted octanol–water partition coefficient (Wildman–Crippen LogP) is -1.00. The number of H-pyrrole nitrogens is 1. The number of hydrogen-bond donors (Lipinski definition) is 7. The molecule has 0 saturated heterocycles. The standard InChI is InChI=1S/C21H29N5O6/c1-10(22)18(28)24-11(2)19(29)26-17(12(3)27)20(30)25-16(21(31)32)8-13-9-23-15-7-5-4-6-14(13)15/h4-7,9-12,16-17,23,27H,8,22H2,1-3H3,(H,24,28)(H,25,30)(H,26,29)(H,31,32). The lowest BCUT2D eigenvalue weighted by molar-refractivity contribution is -0.143. The number of aliphatic carboxylic acids is 1. The SMILES string of the molecule is CC(N)C(=O)NC(C)C(=O)NC(C(=O)NC(Cc1c[nH]c2ccccc12)C(=O)O)C(C)O. The lowest BCUT2D eigenvalue weighted by Crippen LogP contribution is -2.59. The number of aliphatic hydroxyl groups excluding tert-OH is 1. The molecule has 0 aliphatic rings. The maximum Gasteiger partial charge on any atom is 0.326 e. The topological polar surface area (TPSA) is 187 Å². The van der Waals surface area contributed by atoms with E-state index in [2.05, 4.69) is 20.9 Å². The van der Waals surface area contributed by atoms with Crippen LogP contribution in [-0.4, -0.2) is 69.2 Å². The minimum absolute atomic E-state index is 0.00753. The summed E-state index contributed by atoms with van der Waals surface area (Å²) >= 11 is 0. The van der Waals surface area contributed by atoms with E-state index in [0.717, 1.165) is 10.9 Å². The number of hydrogen-bond acceptors (Lipinski definition) is 6. The molecule has 0 aliphatic heterocycles. The fourth-order valence-corrected chi connectivity index (χ4v) is 3.08. The Morgan fingerprint density at radius 2 is 1.66 bits per heavy atom. The highest BCUT2D eigenvalue weighted by molar-refractivity contribution is 5.94. The number of carboxylic acid groups (broad SMARTS) is 1. The molecule has 174 valence electrons. The number of carboxylic acids is 1. The van der Waals surface area contributed by atoms with Gasteiger partial charge in [0.15, 0.2) is 0 Å². The number of carbonyl (C=O) groups excluding carboxylic acids is 3. The first kappa shape index (κ1) is 24.8. The highest BCUT2D eigenvalue weighted by atomic mass is 16.4. The predicted molar refractivity (Wildman–Crippen MR) is 116 cm³/mol. The fourth-order valence-electron chi connectivity index (χ4n) is 3.08. The number of aromatic nitrogens is 1. The van der Waals surface area contributed by atoms with Crippen LogP contribution in [-0.2, 0) is 25.6 Å². The van der Waals surface area contributed by atoms with E-state index in [-0.39, 0.29) is 6.42 Å². The average Bonchev–Trinajstić information content (AvgIpc) is 3.13. The highest BCUT2D eigenvalue weighted by Gasteiger charge is 2.31. The lowest BCUT2D eigenvalue weighted by atomic mass is 10.0. The molecule has 11 heteroatoms. The highest BCUT2D eigenvalue weighted by Crippen LogP contribution is 2.19. The molecule has 5 atom stereocenters. The second-order valence-electron chi connectivity index (χ2n) is 7.71. The van der Waals surface area contributed by atoms with Crippen molar-refractivity contribution < 1.29 is 29.4 Å². The van der Waals surface area contributed by atoms with Crippen LogP contribution < -0.4 is 21.7 Å². The van der Waals surface area contributed by atoms with Crippen LogP contribution in [0.3, 0.4) is 0 Å². The number of aromatic amines is 1. The van der Waals surface area contributed by atoms with Gasteiger partial charge in [-0.25, -0.2) is 4.79 Å². The molecule has 5 unspecified atom stereocenters. The van der Waals surface area contributed by atoms with Gasteiger partial charge in [0.1, 0.15) is 18.1 Å². The number of nitrogens with two attached hydrogens (primary N) is 1. The van der Waals surface area contributed by atoms with Gasteiger partial charge >= 0.3 is 5.97 Å². The molecule has 32 heavy (non-hydrogen) atoms. The molecule has 8 N–H and O–H groups in total. The summed E-state index contributed by atoms with van der Waals surface area (Å²) in [4.78, 5) is 51.6. The van der Waals surface area contributed by atoms with Crippen molar-refractivity contribution in [2.45, 2.75) is 57.5 Å². The molecular formula is C21H29N5O6. The lowest BCUT2D eigenvalue weighted by Gasteiger charge is -2.25. The monoisotopic (exact) mass is 447 g/mol. The summed E-state index contributed by atoms with van der Waals surface area (Å²) < 4.78 is 0. The number of amides is 3. The molecule has 1 aromatic carbocycles. The molecular weight excluding hydrogens is 418 g/mol. The summed E-state index contributed by atoms with van der Waals surface area (Å²) in [5, 5.41) is 27.5. The van der Waals surface area contributed by atoms with Crippen molar-refractivity contribution in [3.8, 4) is 0 Å². The number of fused-ring (bicyclic) bond motifs is 1. The smallest absolute Gasteiger partial charge is 0.326 e. The van der Waals surface area contributed by atoms with Crippen molar-refractivity contribution in [1.82, 2.24) is 20.9 Å². The zero-order valence-corrected chi connectivity index (χ0v) is 18.1. The number of benzene rings is 1. The Hall–Kier alpha value is -3.44. The first-order valence-corrected chi connectivity index (χ1v) is 10.1. The Morgan fingerprint density at radius 1 is 1.00 bits per heavy atom. The Kier molecular flexibility index (Phi) is 8.33. The molecule has 2 aromatic rings. The first-order chi connectivity index (χ1) is 15.0. The van der Waals surface area contributed by atoms with E-state index in [1.54, 1.807) is 6.20 Å². The van der Waals surface area contributed by atoms with E-state index in [1.165, 1.54) is 20.8 Å². The van der Waals surface area contributed by atoms with Crippen LogP contribution in [0.1, 0.15) is 26.3 Å². The molecule has 0 aliphatic carbocycles. The van der Waals surface area contributed by atoms with Crippen molar-refractivity contribution >= 4 is 34.6 Å². The third-order valence-electron chi connectivity index (χ3n) is 4.94. The normalized spacial score (nSPS) is 15.8. The van der Waals surface area contributed by atoms with Crippen LogP contribution in [0.25, 0.3) is 10.9 Å². The van der Waals surface area contributed by atoms with Crippen molar-refractivity contribution in [1.29, 1.82) is 0 Å². The van der Waals surface area contributed by atoms with E-state index in [4.69, 9.17) is 5.73 Å². The largest absolute Gasteiger partial charge is 0.480 e. The molecule has 0 saturated carbocycles. The number of carbonyl (C=O) groups is 4. The number of aliphatic hydroxyl groups is 1. The first-order valence-electron chi connectivity index (χ1n) is 10.1. The van der Waals surface area contributed by atoms with Crippen molar-refractivity contribution in [3.05, 3.63) is 36.0 Å². The molecule has 3 amide bonds. The molecule has 1 heterocycles. The summed E-state index contributed by atoms with van der Waals surface area (Å²) in [5.74, 6) is -3.43. The van der Waals surface area contributed by atoms with Gasteiger partial charge in [-0.2, -0.15) is 0 Å². The quantitative estimate of drug-likeness (QED) is 0.243.